The van der Waals surface area contributed by atoms with E-state index in [1.165, 1.54) is 28.1 Å². The quantitative estimate of drug-likeness (QED) is 0.905. The van der Waals surface area contributed by atoms with Crippen LogP contribution < -0.4 is 10.2 Å². The molecule has 104 valence electrons. The molecule has 0 spiro atoms. The summed E-state index contributed by atoms with van der Waals surface area (Å²) >= 11 is 0. The van der Waals surface area contributed by atoms with Crippen LogP contribution in [0.1, 0.15) is 23.6 Å². The highest BCUT2D eigenvalue weighted by Gasteiger charge is 2.19. The molecule has 0 aromatic heterocycles. The van der Waals surface area contributed by atoms with E-state index in [1.807, 2.05) is 0 Å². The van der Waals surface area contributed by atoms with Gasteiger partial charge in [0.1, 0.15) is 0 Å². The van der Waals surface area contributed by atoms with E-state index in [0.717, 1.165) is 26.1 Å². The number of para-hydroxylation sites is 1. The molecule has 0 saturated carbocycles. The van der Waals surface area contributed by atoms with Crippen LogP contribution in [0.5, 0.6) is 0 Å². The summed E-state index contributed by atoms with van der Waals surface area (Å²) in [6.07, 6.45) is 1.15. The highest BCUT2D eigenvalue weighted by atomic mass is 15.2. The Hall–Kier alpha value is -1.80. The van der Waals surface area contributed by atoms with Crippen molar-refractivity contribution in [3.05, 3.63) is 59.2 Å². The molecule has 0 atom stereocenters. The molecule has 2 heteroatoms. The van der Waals surface area contributed by atoms with Crippen LogP contribution in [0, 0.1) is 6.92 Å². The monoisotopic (exact) mass is 266 g/mol. The van der Waals surface area contributed by atoms with E-state index >= 15 is 0 Å². The zero-order valence-electron chi connectivity index (χ0n) is 12.3. The lowest BCUT2D eigenvalue weighted by Crippen LogP contribution is -2.15. The van der Waals surface area contributed by atoms with Gasteiger partial charge in [-0.25, -0.2) is 0 Å². The van der Waals surface area contributed by atoms with Crippen LogP contribution in [0.25, 0.3) is 0 Å². The van der Waals surface area contributed by atoms with Crippen LogP contribution in [0.3, 0.4) is 0 Å². The van der Waals surface area contributed by atoms with Crippen molar-refractivity contribution in [3.63, 3.8) is 0 Å². The van der Waals surface area contributed by atoms with Crippen LogP contribution in [0.4, 0.5) is 11.4 Å². The lowest BCUT2D eigenvalue weighted by molar-refractivity contribution is 0.723. The summed E-state index contributed by atoms with van der Waals surface area (Å²) in [6.45, 7) is 7.41. The molecule has 1 aliphatic rings. The fourth-order valence-corrected chi connectivity index (χ4v) is 2.91. The van der Waals surface area contributed by atoms with Crippen molar-refractivity contribution in [3.8, 4) is 0 Å². The minimum absolute atomic E-state index is 0.958. The molecular formula is C18H22N2. The molecule has 0 aliphatic carbocycles. The molecule has 1 aliphatic heterocycles. The summed E-state index contributed by atoms with van der Waals surface area (Å²) in [4.78, 5) is 2.43. The van der Waals surface area contributed by atoms with Crippen molar-refractivity contribution in [2.45, 2.75) is 26.8 Å². The number of benzene rings is 2. The number of nitrogens with zero attached hydrogens (tertiary/aromatic N) is 1. The third kappa shape index (κ3) is 2.44. The van der Waals surface area contributed by atoms with Gasteiger partial charge in [-0.3, -0.25) is 0 Å². The number of rotatable bonds is 4. The number of hydrogen-bond donors (Lipinski definition) is 1. The minimum atomic E-state index is 0.958. The number of fused-ring (bicyclic) bond motifs is 1. The number of nitrogens with one attached hydrogen (secondary N) is 1. The first kappa shape index (κ1) is 13.2. The predicted molar refractivity (Wildman–Crippen MR) is 85.7 cm³/mol. The zero-order valence-corrected chi connectivity index (χ0v) is 12.3. The summed E-state index contributed by atoms with van der Waals surface area (Å²) in [5.74, 6) is 0. The minimum Gasteiger partial charge on any atom is -0.341 e. The maximum atomic E-state index is 3.40. The van der Waals surface area contributed by atoms with Crippen molar-refractivity contribution >= 4 is 11.4 Å². The zero-order chi connectivity index (χ0) is 13.9. The standard InChI is InChI=1S/C18H22N2/c1-3-19-13-16-8-9-17(12-14(16)2)20-11-10-15-6-4-5-7-18(15)20/h4-9,12,19H,3,10-11,13H2,1-2H3. The molecule has 1 N–H and O–H groups in total. The van der Waals surface area contributed by atoms with Crippen molar-refractivity contribution < 1.29 is 0 Å². The molecule has 3 rings (SSSR count). The normalized spacial score (nSPS) is 13.6. The van der Waals surface area contributed by atoms with Gasteiger partial charge in [-0.1, -0.05) is 31.2 Å². The molecule has 2 nitrogen and oxygen atoms in total. The van der Waals surface area contributed by atoms with Gasteiger partial charge in [0, 0.05) is 24.5 Å². The molecule has 20 heavy (non-hydrogen) atoms. The van der Waals surface area contributed by atoms with Crippen LogP contribution in [0.2, 0.25) is 0 Å². The van der Waals surface area contributed by atoms with Crippen LogP contribution in [0.15, 0.2) is 42.5 Å². The average Bonchev–Trinajstić information content (AvgIpc) is 2.90. The number of hydrogen-bond acceptors (Lipinski definition) is 2. The van der Waals surface area contributed by atoms with Crippen molar-refractivity contribution in [2.75, 3.05) is 18.0 Å². The Labute approximate surface area is 121 Å². The molecule has 0 unspecified atom stereocenters. The molecule has 1 heterocycles. The maximum Gasteiger partial charge on any atom is 0.0444 e. The molecule has 0 amide bonds. The average molecular weight is 266 g/mol. The predicted octanol–water partition coefficient (Wildman–Crippen LogP) is 3.80. The topological polar surface area (TPSA) is 15.3 Å². The Bertz CT molecular complexity index is 604. The largest absolute Gasteiger partial charge is 0.341 e. The number of aryl methyl sites for hydroxylation is 1. The van der Waals surface area contributed by atoms with E-state index in [2.05, 4.69) is 66.5 Å². The third-order valence-corrected chi connectivity index (χ3v) is 4.09. The van der Waals surface area contributed by atoms with Gasteiger partial charge in [0.2, 0.25) is 0 Å². The van der Waals surface area contributed by atoms with Gasteiger partial charge in [-0.15, -0.1) is 0 Å². The van der Waals surface area contributed by atoms with Crippen molar-refractivity contribution in [2.24, 2.45) is 0 Å². The maximum absolute atomic E-state index is 3.40. The van der Waals surface area contributed by atoms with E-state index < -0.39 is 0 Å². The van der Waals surface area contributed by atoms with Crippen LogP contribution >= 0.6 is 0 Å². The Balaban J connectivity index is 1.87. The summed E-state index contributed by atoms with van der Waals surface area (Å²) in [5.41, 5.74) is 6.90. The van der Waals surface area contributed by atoms with Gasteiger partial charge in [0.25, 0.3) is 0 Å². The molecule has 0 radical (unpaired) electrons. The Morgan fingerprint density at radius 2 is 2.00 bits per heavy atom. The van der Waals surface area contributed by atoms with Gasteiger partial charge in [0.15, 0.2) is 0 Å². The van der Waals surface area contributed by atoms with Crippen molar-refractivity contribution in [1.29, 1.82) is 0 Å². The second kappa shape index (κ2) is 5.68. The Morgan fingerprint density at radius 3 is 2.80 bits per heavy atom. The fourth-order valence-electron chi connectivity index (χ4n) is 2.91. The summed E-state index contributed by atoms with van der Waals surface area (Å²) in [6, 6.07) is 15.5. The molecule has 0 saturated heterocycles. The second-order valence-electron chi connectivity index (χ2n) is 5.42. The van der Waals surface area contributed by atoms with Gasteiger partial charge in [-0.2, -0.15) is 0 Å². The lowest BCUT2D eigenvalue weighted by Gasteiger charge is -2.21. The van der Waals surface area contributed by atoms with Crippen LogP contribution in [-0.4, -0.2) is 13.1 Å². The van der Waals surface area contributed by atoms with E-state index in [9.17, 15) is 0 Å². The van der Waals surface area contributed by atoms with Gasteiger partial charge < -0.3 is 10.2 Å². The third-order valence-electron chi connectivity index (χ3n) is 4.09. The molecule has 2 aromatic carbocycles. The highest BCUT2D eigenvalue weighted by Crippen LogP contribution is 2.34. The molecular weight excluding hydrogens is 244 g/mol. The van der Waals surface area contributed by atoms with E-state index in [0.29, 0.717) is 0 Å². The second-order valence-corrected chi connectivity index (χ2v) is 5.42. The fraction of sp³-hybridized carbons (Fsp3) is 0.333. The summed E-state index contributed by atoms with van der Waals surface area (Å²) in [5, 5.41) is 3.40. The highest BCUT2D eigenvalue weighted by molar-refractivity contribution is 5.70. The van der Waals surface area contributed by atoms with Gasteiger partial charge in [0.05, 0.1) is 0 Å². The molecule has 0 bridgehead atoms. The van der Waals surface area contributed by atoms with E-state index in [-0.39, 0.29) is 0 Å². The SMILES string of the molecule is CCNCc1ccc(N2CCc3ccccc32)cc1C. The van der Waals surface area contributed by atoms with Gasteiger partial charge in [-0.05, 0) is 54.8 Å². The smallest absolute Gasteiger partial charge is 0.0444 e. The molecule has 2 aromatic rings. The first-order chi connectivity index (χ1) is 9.79. The van der Waals surface area contributed by atoms with E-state index in [4.69, 9.17) is 0 Å². The summed E-state index contributed by atoms with van der Waals surface area (Å²) in [7, 11) is 0. The van der Waals surface area contributed by atoms with Crippen LogP contribution in [-0.2, 0) is 13.0 Å². The first-order valence-electron chi connectivity index (χ1n) is 7.45. The van der Waals surface area contributed by atoms with Crippen molar-refractivity contribution in [1.82, 2.24) is 5.32 Å². The van der Waals surface area contributed by atoms with Gasteiger partial charge >= 0.3 is 0 Å². The Kier molecular flexibility index (Phi) is 3.75. The lowest BCUT2D eigenvalue weighted by atomic mass is 10.1. The van der Waals surface area contributed by atoms with E-state index in [1.54, 1.807) is 0 Å². The molecule has 0 fully saturated rings. The number of anilines is 2. The summed E-state index contributed by atoms with van der Waals surface area (Å²) < 4.78 is 0. The Morgan fingerprint density at radius 1 is 1.15 bits per heavy atom. The first-order valence-corrected chi connectivity index (χ1v) is 7.45.